The van der Waals surface area contributed by atoms with Crippen LogP contribution in [0.3, 0.4) is 0 Å². The van der Waals surface area contributed by atoms with Crippen molar-refractivity contribution in [3.05, 3.63) is 83.8 Å². The number of nitrogens with zero attached hydrogens (tertiary/aromatic N) is 2. The number of amides is 1. The maximum atomic E-state index is 13.3. The topological polar surface area (TPSA) is 51.4 Å². The Balaban J connectivity index is 1.57. The van der Waals surface area contributed by atoms with Gasteiger partial charge in [0.15, 0.2) is 0 Å². The molecular formula is C28H33FN4O. The second-order valence-corrected chi connectivity index (χ2v) is 9.33. The fourth-order valence-electron chi connectivity index (χ4n) is 4.89. The first-order valence-electron chi connectivity index (χ1n) is 11.7. The summed E-state index contributed by atoms with van der Waals surface area (Å²) in [6.45, 7) is 17.5. The predicted molar refractivity (Wildman–Crippen MR) is 138 cm³/mol. The highest BCUT2D eigenvalue weighted by Crippen LogP contribution is 2.33. The minimum Gasteiger partial charge on any atom is -0.366 e. The lowest BCUT2D eigenvalue weighted by molar-refractivity contribution is -0.115. The number of fused-ring (bicyclic) bond motifs is 1. The van der Waals surface area contributed by atoms with Gasteiger partial charge >= 0.3 is 0 Å². The van der Waals surface area contributed by atoms with E-state index < -0.39 is 0 Å². The third-order valence-corrected chi connectivity index (χ3v) is 6.92. The molecule has 1 aliphatic rings. The number of carbonyl (C=O) groups is 1. The second kappa shape index (κ2) is 9.47. The van der Waals surface area contributed by atoms with E-state index in [4.69, 9.17) is 0 Å². The van der Waals surface area contributed by atoms with Gasteiger partial charge in [0.2, 0.25) is 0 Å². The average Bonchev–Trinajstić information content (AvgIpc) is 3.23. The lowest BCUT2D eigenvalue weighted by Gasteiger charge is -2.46. The number of aryl methyl sites for hydroxylation is 1. The Morgan fingerprint density at radius 3 is 2.50 bits per heavy atom. The Morgan fingerprint density at radius 2 is 1.82 bits per heavy atom. The molecule has 178 valence electrons. The molecule has 4 rings (SSSR count). The van der Waals surface area contributed by atoms with Crippen molar-refractivity contribution in [2.24, 2.45) is 0 Å². The minimum atomic E-state index is -0.205. The molecule has 1 aliphatic heterocycles. The number of benzene rings is 2. The summed E-state index contributed by atoms with van der Waals surface area (Å²) >= 11 is 0. The zero-order chi connectivity index (χ0) is 24.6. The van der Waals surface area contributed by atoms with Crippen LogP contribution in [0.1, 0.15) is 36.1 Å². The smallest absolute Gasteiger partial charge is 0.251 e. The molecule has 5 nitrogen and oxygen atoms in total. The van der Waals surface area contributed by atoms with Gasteiger partial charge in [-0.05, 0) is 56.2 Å². The first kappa shape index (κ1) is 23.8. The number of likely N-dealkylation sites (N-methyl/N-ethyl adjacent to an activating group) is 1. The van der Waals surface area contributed by atoms with Crippen LogP contribution < -0.4 is 5.32 Å². The lowest BCUT2D eigenvalue weighted by atomic mass is 9.97. The summed E-state index contributed by atoms with van der Waals surface area (Å²) in [7, 11) is 1.61. The molecule has 1 aromatic heterocycles. The quantitative estimate of drug-likeness (QED) is 0.513. The van der Waals surface area contributed by atoms with E-state index in [1.165, 1.54) is 12.1 Å². The molecule has 34 heavy (non-hydrogen) atoms. The van der Waals surface area contributed by atoms with E-state index in [2.05, 4.69) is 66.2 Å². The highest BCUT2D eigenvalue weighted by Gasteiger charge is 2.30. The van der Waals surface area contributed by atoms with E-state index in [0.29, 0.717) is 11.6 Å². The fraction of sp³-hybridized carbons (Fsp3) is 0.321. The van der Waals surface area contributed by atoms with Crippen LogP contribution in [0.15, 0.2) is 55.8 Å². The number of nitrogens with one attached hydrogen (secondary N) is 2. The van der Waals surface area contributed by atoms with Crippen molar-refractivity contribution in [2.75, 3.05) is 20.1 Å². The van der Waals surface area contributed by atoms with E-state index in [9.17, 15) is 9.18 Å². The monoisotopic (exact) mass is 460 g/mol. The largest absolute Gasteiger partial charge is 0.366 e. The molecule has 2 N–H and O–H groups in total. The molecule has 1 fully saturated rings. The van der Waals surface area contributed by atoms with Crippen LogP contribution in [0.25, 0.3) is 22.2 Å². The summed E-state index contributed by atoms with van der Waals surface area (Å²) in [4.78, 5) is 20.3. The van der Waals surface area contributed by atoms with Crippen molar-refractivity contribution in [1.82, 2.24) is 20.1 Å². The number of aromatic nitrogens is 1. The van der Waals surface area contributed by atoms with Crippen molar-refractivity contribution in [2.45, 2.75) is 39.4 Å². The molecule has 0 bridgehead atoms. The molecule has 0 spiro atoms. The highest BCUT2D eigenvalue weighted by atomic mass is 19.1. The third-order valence-electron chi connectivity index (χ3n) is 6.92. The SMILES string of the molecule is C=C(C(=O)NC)c1c[nH]c2cc(C)c(C(=C)N3CC(C)N(Cc4ccc(F)cc4)CC3C)cc12. The number of halogens is 1. The summed E-state index contributed by atoms with van der Waals surface area (Å²) in [5.74, 6) is -0.398. The van der Waals surface area contributed by atoms with Gasteiger partial charge in [-0.15, -0.1) is 0 Å². The first-order valence-corrected chi connectivity index (χ1v) is 11.7. The molecule has 0 radical (unpaired) electrons. The fourth-order valence-corrected chi connectivity index (χ4v) is 4.89. The number of piperazine rings is 1. The highest BCUT2D eigenvalue weighted by molar-refractivity contribution is 6.22. The molecule has 6 heteroatoms. The predicted octanol–water partition coefficient (Wildman–Crippen LogP) is 4.94. The van der Waals surface area contributed by atoms with Crippen LogP contribution in [0.2, 0.25) is 0 Å². The minimum absolute atomic E-state index is 0.193. The molecule has 1 saturated heterocycles. The molecule has 2 heterocycles. The van der Waals surface area contributed by atoms with Crippen molar-refractivity contribution in [3.63, 3.8) is 0 Å². The number of carbonyl (C=O) groups excluding carboxylic acids is 1. The van der Waals surface area contributed by atoms with Gasteiger partial charge in [-0.1, -0.05) is 25.3 Å². The van der Waals surface area contributed by atoms with Gasteiger partial charge in [-0.3, -0.25) is 9.69 Å². The number of hydrogen-bond acceptors (Lipinski definition) is 3. The lowest BCUT2D eigenvalue weighted by Crippen LogP contribution is -2.54. The Hall–Kier alpha value is -3.38. The van der Waals surface area contributed by atoms with Gasteiger partial charge in [-0.25, -0.2) is 4.39 Å². The molecule has 2 aromatic carbocycles. The summed E-state index contributed by atoms with van der Waals surface area (Å²) in [6.07, 6.45) is 1.84. The van der Waals surface area contributed by atoms with Crippen LogP contribution in [-0.2, 0) is 11.3 Å². The molecule has 2 atom stereocenters. The zero-order valence-corrected chi connectivity index (χ0v) is 20.4. The number of rotatable bonds is 6. The molecule has 3 aromatic rings. The Morgan fingerprint density at radius 1 is 1.12 bits per heavy atom. The van der Waals surface area contributed by atoms with E-state index >= 15 is 0 Å². The van der Waals surface area contributed by atoms with Gasteiger partial charge in [0.25, 0.3) is 5.91 Å². The molecule has 0 saturated carbocycles. The van der Waals surface area contributed by atoms with E-state index in [0.717, 1.165) is 58.5 Å². The Bertz CT molecular complexity index is 1240. The first-order chi connectivity index (χ1) is 16.2. The maximum absolute atomic E-state index is 13.3. The van der Waals surface area contributed by atoms with Gasteiger partial charge in [0.05, 0.1) is 0 Å². The van der Waals surface area contributed by atoms with Crippen molar-refractivity contribution < 1.29 is 9.18 Å². The van der Waals surface area contributed by atoms with Crippen molar-refractivity contribution in [1.29, 1.82) is 0 Å². The number of H-pyrrole nitrogens is 1. The van der Waals surface area contributed by atoms with Crippen LogP contribution in [-0.4, -0.2) is 52.9 Å². The summed E-state index contributed by atoms with van der Waals surface area (Å²) in [5.41, 5.74) is 6.51. The summed E-state index contributed by atoms with van der Waals surface area (Å²) in [6, 6.07) is 11.6. The van der Waals surface area contributed by atoms with Gasteiger partial charge in [0.1, 0.15) is 5.82 Å². The third kappa shape index (κ3) is 4.50. The van der Waals surface area contributed by atoms with Crippen molar-refractivity contribution in [3.8, 4) is 0 Å². The van der Waals surface area contributed by atoms with E-state index in [1.54, 1.807) is 7.05 Å². The molecule has 0 aliphatic carbocycles. The van der Waals surface area contributed by atoms with Gasteiger partial charge in [0, 0.05) is 78.3 Å². The number of aromatic amines is 1. The number of hydrogen-bond donors (Lipinski definition) is 2. The van der Waals surface area contributed by atoms with Crippen LogP contribution >= 0.6 is 0 Å². The van der Waals surface area contributed by atoms with Gasteiger partial charge < -0.3 is 15.2 Å². The summed E-state index contributed by atoms with van der Waals surface area (Å²) in [5, 5.41) is 3.62. The average molecular weight is 461 g/mol. The Labute approximate surface area is 201 Å². The van der Waals surface area contributed by atoms with E-state index in [-0.39, 0.29) is 17.8 Å². The zero-order valence-electron chi connectivity index (χ0n) is 20.4. The van der Waals surface area contributed by atoms with Crippen molar-refractivity contribution >= 4 is 28.1 Å². The molecular weight excluding hydrogens is 427 g/mol. The molecule has 1 amide bonds. The summed E-state index contributed by atoms with van der Waals surface area (Å²) < 4.78 is 13.3. The van der Waals surface area contributed by atoms with Gasteiger partial charge in [-0.2, -0.15) is 0 Å². The van der Waals surface area contributed by atoms with Crippen LogP contribution in [0, 0.1) is 12.7 Å². The van der Waals surface area contributed by atoms with Crippen LogP contribution in [0.4, 0.5) is 4.39 Å². The standard InChI is InChI=1S/C28H33FN4O/c1-17-11-27-25(26(13-31-27)20(4)28(34)30-6)12-24(17)21(5)33-15-18(2)32(14-19(33)3)16-22-7-9-23(29)10-8-22/h7-13,18-19,31H,4-5,14-16H2,1-3,6H3,(H,30,34). The second-order valence-electron chi connectivity index (χ2n) is 9.33. The normalized spacial score (nSPS) is 18.8. The molecule has 2 unspecified atom stereocenters. The van der Waals surface area contributed by atoms with Crippen LogP contribution in [0.5, 0.6) is 0 Å². The van der Waals surface area contributed by atoms with E-state index in [1.807, 2.05) is 18.3 Å². The maximum Gasteiger partial charge on any atom is 0.251 e. The Kier molecular flexibility index (Phi) is 6.62.